The molecule has 0 aromatic carbocycles. The van der Waals surface area contributed by atoms with Crippen molar-refractivity contribution in [2.45, 2.75) is 58.0 Å². The molecule has 2 aliphatic heterocycles. The summed E-state index contributed by atoms with van der Waals surface area (Å²) in [6.07, 6.45) is 3.80. The van der Waals surface area contributed by atoms with Crippen LogP contribution in [0.3, 0.4) is 0 Å². The second kappa shape index (κ2) is 5.88. The zero-order chi connectivity index (χ0) is 14.1. The lowest BCUT2D eigenvalue weighted by Crippen LogP contribution is -2.56. The number of hydrogen-bond acceptors (Lipinski definition) is 4. The number of nitrogens with zero attached hydrogens (tertiary/aromatic N) is 2. The Morgan fingerprint density at radius 3 is 2.11 bits per heavy atom. The Kier molecular flexibility index (Phi) is 4.81. The van der Waals surface area contributed by atoms with Gasteiger partial charge in [0, 0.05) is 24.2 Å². The minimum absolute atomic E-state index is 0.211. The van der Waals surface area contributed by atoms with Crippen molar-refractivity contribution in [2.75, 3.05) is 26.3 Å². The predicted octanol–water partition coefficient (Wildman–Crippen LogP) is 3.29. The van der Waals surface area contributed by atoms with E-state index in [9.17, 15) is 0 Å². The first-order chi connectivity index (χ1) is 8.83. The maximum atomic E-state index is 5.65. The van der Waals surface area contributed by atoms with Gasteiger partial charge in [0.15, 0.2) is 4.32 Å². The molecule has 0 amide bonds. The van der Waals surface area contributed by atoms with Gasteiger partial charge in [0.05, 0.1) is 13.2 Å². The molecule has 19 heavy (non-hydrogen) atoms. The zero-order valence-electron chi connectivity index (χ0n) is 12.6. The summed E-state index contributed by atoms with van der Waals surface area (Å²) in [7, 11) is 0. The molecule has 0 aromatic rings. The Labute approximate surface area is 127 Å². The third-order valence-electron chi connectivity index (χ3n) is 4.12. The molecule has 0 bridgehead atoms. The molecule has 0 unspecified atom stereocenters. The van der Waals surface area contributed by atoms with Crippen LogP contribution in [-0.4, -0.2) is 50.9 Å². The molecule has 110 valence electrons. The molecular weight excluding hydrogens is 276 g/mol. The molecule has 2 aliphatic rings. The van der Waals surface area contributed by atoms with Gasteiger partial charge >= 0.3 is 0 Å². The standard InChI is InChI=1S/C14H26N2OS2/c1-13(2)6-5-7-14(3,4)16(13)19-12(18)15-8-10-17-11-9-15/h5-11H2,1-4H3. The lowest BCUT2D eigenvalue weighted by molar-refractivity contribution is 0.0647. The lowest BCUT2D eigenvalue weighted by atomic mass is 9.83. The van der Waals surface area contributed by atoms with E-state index in [0.717, 1.165) is 30.6 Å². The number of piperidine rings is 1. The third kappa shape index (κ3) is 3.63. The first-order valence-corrected chi connectivity index (χ1v) is 8.36. The molecule has 2 saturated heterocycles. The van der Waals surface area contributed by atoms with Crippen molar-refractivity contribution < 1.29 is 4.74 Å². The van der Waals surface area contributed by atoms with E-state index in [2.05, 4.69) is 36.9 Å². The van der Waals surface area contributed by atoms with Crippen molar-refractivity contribution in [1.29, 1.82) is 0 Å². The maximum absolute atomic E-state index is 5.65. The van der Waals surface area contributed by atoms with Gasteiger partial charge in [-0.05, 0) is 58.9 Å². The Bertz CT molecular complexity index is 322. The maximum Gasteiger partial charge on any atom is 0.151 e. The van der Waals surface area contributed by atoms with Crippen LogP contribution in [0, 0.1) is 0 Å². The zero-order valence-corrected chi connectivity index (χ0v) is 14.2. The SMILES string of the molecule is CC1(C)CCCC(C)(C)N1SC(=S)N1CCOCC1. The molecule has 0 aromatic heterocycles. The second-order valence-corrected chi connectivity index (χ2v) is 8.31. The average Bonchev–Trinajstić information content (AvgIpc) is 2.34. The molecule has 3 nitrogen and oxygen atoms in total. The lowest BCUT2D eigenvalue weighted by Gasteiger charge is -2.52. The van der Waals surface area contributed by atoms with Gasteiger partial charge < -0.3 is 9.64 Å². The highest BCUT2D eigenvalue weighted by molar-refractivity contribution is 8.21. The molecule has 5 heteroatoms. The Morgan fingerprint density at radius 2 is 1.58 bits per heavy atom. The summed E-state index contributed by atoms with van der Waals surface area (Å²) in [6.45, 7) is 12.8. The molecule has 0 N–H and O–H groups in total. The average molecular weight is 303 g/mol. The molecule has 0 atom stereocenters. The topological polar surface area (TPSA) is 15.7 Å². The van der Waals surface area contributed by atoms with E-state index in [1.807, 2.05) is 0 Å². The summed E-state index contributed by atoms with van der Waals surface area (Å²) in [4.78, 5) is 2.28. The largest absolute Gasteiger partial charge is 0.378 e. The fourth-order valence-corrected chi connectivity index (χ4v) is 4.64. The number of thiocarbonyl (C=S) groups is 1. The molecule has 2 heterocycles. The van der Waals surface area contributed by atoms with Gasteiger partial charge in [-0.15, -0.1) is 0 Å². The number of morpholine rings is 1. The first-order valence-electron chi connectivity index (χ1n) is 7.18. The van der Waals surface area contributed by atoms with Crippen molar-refractivity contribution in [3.63, 3.8) is 0 Å². The number of ether oxygens (including phenoxy) is 1. The van der Waals surface area contributed by atoms with Crippen molar-refractivity contribution in [3.8, 4) is 0 Å². The van der Waals surface area contributed by atoms with Gasteiger partial charge in [-0.3, -0.25) is 0 Å². The highest BCUT2D eigenvalue weighted by Crippen LogP contribution is 2.43. The molecule has 0 saturated carbocycles. The fraction of sp³-hybridized carbons (Fsp3) is 0.929. The van der Waals surface area contributed by atoms with Crippen LogP contribution < -0.4 is 0 Å². The van der Waals surface area contributed by atoms with E-state index in [0.29, 0.717) is 0 Å². The molecule has 0 radical (unpaired) electrons. The second-order valence-electron chi connectivity index (χ2n) is 6.73. The van der Waals surface area contributed by atoms with Gasteiger partial charge in [-0.1, -0.05) is 12.2 Å². The quantitative estimate of drug-likeness (QED) is 0.544. The van der Waals surface area contributed by atoms with Gasteiger partial charge in [0.2, 0.25) is 0 Å². The van der Waals surface area contributed by atoms with E-state index >= 15 is 0 Å². The van der Waals surface area contributed by atoms with Gasteiger partial charge in [-0.2, -0.15) is 0 Å². The van der Waals surface area contributed by atoms with Crippen molar-refractivity contribution in [2.24, 2.45) is 0 Å². The summed E-state index contributed by atoms with van der Waals surface area (Å²) in [5, 5.41) is 0. The highest BCUT2D eigenvalue weighted by Gasteiger charge is 2.42. The van der Waals surface area contributed by atoms with E-state index in [-0.39, 0.29) is 11.1 Å². The van der Waals surface area contributed by atoms with Crippen LogP contribution in [0.1, 0.15) is 47.0 Å². The Balaban J connectivity index is 2.04. The fourth-order valence-electron chi connectivity index (χ4n) is 3.10. The molecule has 2 rings (SSSR count). The first kappa shape index (κ1) is 15.5. The van der Waals surface area contributed by atoms with Crippen molar-refractivity contribution in [3.05, 3.63) is 0 Å². The van der Waals surface area contributed by atoms with E-state index < -0.39 is 0 Å². The molecular formula is C14H26N2OS2. The van der Waals surface area contributed by atoms with Gasteiger partial charge in [0.25, 0.3) is 0 Å². The van der Waals surface area contributed by atoms with Crippen LogP contribution in [0.25, 0.3) is 0 Å². The van der Waals surface area contributed by atoms with E-state index in [1.165, 1.54) is 19.3 Å². The van der Waals surface area contributed by atoms with Crippen LogP contribution in [0.15, 0.2) is 0 Å². The summed E-state index contributed by atoms with van der Waals surface area (Å²) in [5.41, 5.74) is 0.422. The highest BCUT2D eigenvalue weighted by atomic mass is 32.2. The van der Waals surface area contributed by atoms with Crippen LogP contribution >= 0.6 is 24.2 Å². The van der Waals surface area contributed by atoms with E-state index in [4.69, 9.17) is 17.0 Å². The van der Waals surface area contributed by atoms with Gasteiger partial charge in [0.1, 0.15) is 0 Å². The summed E-state index contributed by atoms with van der Waals surface area (Å²) in [5.74, 6) is 0. The number of rotatable bonds is 1. The van der Waals surface area contributed by atoms with Gasteiger partial charge in [-0.25, -0.2) is 4.31 Å². The Hall–Kier alpha value is 0.160. The Morgan fingerprint density at radius 1 is 1.05 bits per heavy atom. The minimum Gasteiger partial charge on any atom is -0.378 e. The van der Waals surface area contributed by atoms with Crippen molar-refractivity contribution in [1.82, 2.24) is 9.21 Å². The normalized spacial score (nSPS) is 27.3. The van der Waals surface area contributed by atoms with Crippen LogP contribution in [0.4, 0.5) is 0 Å². The van der Waals surface area contributed by atoms with Crippen LogP contribution in [0.5, 0.6) is 0 Å². The summed E-state index contributed by atoms with van der Waals surface area (Å²) < 4.78 is 8.93. The minimum atomic E-state index is 0.211. The van der Waals surface area contributed by atoms with Crippen molar-refractivity contribution >= 4 is 28.5 Å². The number of hydrogen-bond donors (Lipinski definition) is 0. The van der Waals surface area contributed by atoms with Crippen LogP contribution in [-0.2, 0) is 4.74 Å². The third-order valence-corrected chi connectivity index (χ3v) is 6.18. The summed E-state index contributed by atoms with van der Waals surface area (Å²) >= 11 is 7.43. The van der Waals surface area contributed by atoms with E-state index in [1.54, 1.807) is 11.9 Å². The summed E-state index contributed by atoms with van der Waals surface area (Å²) in [6, 6.07) is 0. The molecule has 0 aliphatic carbocycles. The molecule has 2 fully saturated rings. The molecule has 0 spiro atoms. The smallest absolute Gasteiger partial charge is 0.151 e. The van der Waals surface area contributed by atoms with Crippen LogP contribution in [0.2, 0.25) is 0 Å². The predicted molar refractivity (Wildman–Crippen MR) is 86.4 cm³/mol. The monoisotopic (exact) mass is 302 g/mol.